The molecular formula is C88H150F3N5O17S. The van der Waals surface area contributed by atoms with Gasteiger partial charge in [-0.1, -0.05) is 187 Å². The van der Waals surface area contributed by atoms with Gasteiger partial charge in [-0.25, -0.2) is 38.5 Å². The van der Waals surface area contributed by atoms with Crippen LogP contribution < -0.4 is 5.32 Å². The van der Waals surface area contributed by atoms with Crippen LogP contribution in [0.1, 0.15) is 273 Å². The molecule has 114 heavy (non-hydrogen) atoms. The minimum absolute atomic E-state index is 0. The Bertz CT molecular complexity index is 3300. The van der Waals surface area contributed by atoms with Crippen LogP contribution in [0, 0.1) is 49.7 Å². The lowest BCUT2D eigenvalue weighted by atomic mass is 9.85. The monoisotopic (exact) mass is 1640 g/mol. The highest BCUT2D eigenvalue weighted by Gasteiger charge is 2.30. The minimum atomic E-state index is -0.855. The first-order valence-electron chi connectivity index (χ1n) is 37.0. The number of nitriles is 1. The van der Waals surface area contributed by atoms with Gasteiger partial charge in [-0.3, -0.25) is 19.2 Å². The minimum Gasteiger partial charge on any atom is -0.466 e. The molecule has 0 fully saturated rings. The van der Waals surface area contributed by atoms with E-state index in [2.05, 4.69) is 44.7 Å². The predicted molar refractivity (Wildman–Crippen MR) is 456 cm³/mol. The van der Waals surface area contributed by atoms with E-state index in [1.54, 1.807) is 71.9 Å². The van der Waals surface area contributed by atoms with Gasteiger partial charge >= 0.3 is 30.0 Å². The number of methoxy groups -OCH3 is 1. The molecule has 0 spiro atoms. The number of nitrogens with one attached hydrogen (secondary N) is 1. The number of hydrogen-bond acceptors (Lipinski definition) is 22. The van der Waals surface area contributed by atoms with Crippen LogP contribution in [0.2, 0.25) is 0 Å². The maximum atomic E-state index is 12.4. The zero-order chi connectivity index (χ0) is 91.3. The van der Waals surface area contributed by atoms with E-state index in [-0.39, 0.29) is 122 Å². The van der Waals surface area contributed by atoms with Gasteiger partial charge in [0.25, 0.3) is 11.2 Å². The highest BCUT2D eigenvalue weighted by Crippen LogP contribution is 2.26. The summed E-state index contributed by atoms with van der Waals surface area (Å²) < 4.78 is 71.2. The van der Waals surface area contributed by atoms with Crippen molar-refractivity contribution in [3.63, 3.8) is 0 Å². The third-order valence-electron chi connectivity index (χ3n) is 12.3. The number of rotatable bonds is 20. The second-order valence-electron chi connectivity index (χ2n) is 34.5. The fraction of sp³-hybridized carbons (Fsp3) is 0.636. The number of aliphatic hydroxyl groups excluding tert-OH is 2. The first-order valence-corrected chi connectivity index (χ1v) is 37.9. The van der Waals surface area contributed by atoms with Gasteiger partial charge in [-0.2, -0.15) is 14.0 Å². The zero-order valence-electron chi connectivity index (χ0n) is 75.8. The second-order valence-corrected chi connectivity index (χ2v) is 35.3. The molecule has 2 heterocycles. The van der Waals surface area contributed by atoms with Crippen LogP contribution in [0.5, 0.6) is 0 Å². The van der Waals surface area contributed by atoms with E-state index in [1.807, 2.05) is 207 Å². The molecule has 2 aromatic rings. The molecule has 0 saturated carbocycles. The number of nitrogens with zero attached hydrogens (tertiary/aromatic N) is 4. The highest BCUT2D eigenvalue weighted by atomic mass is 32.1. The van der Waals surface area contributed by atoms with Crippen LogP contribution in [0.25, 0.3) is 0 Å². The number of amides is 1. The molecule has 3 N–H and O–H groups in total. The van der Waals surface area contributed by atoms with Crippen LogP contribution in [0.15, 0.2) is 114 Å². The molecule has 656 valence electrons. The van der Waals surface area contributed by atoms with Crippen molar-refractivity contribution in [2.45, 2.75) is 297 Å². The maximum Gasteiger partial charge on any atom is 0.336 e. The van der Waals surface area contributed by atoms with E-state index in [0.29, 0.717) is 38.6 Å². The predicted octanol–water partition coefficient (Wildman–Crippen LogP) is 19.5. The summed E-state index contributed by atoms with van der Waals surface area (Å²) in [5, 5.41) is 30.8. The van der Waals surface area contributed by atoms with Crippen molar-refractivity contribution in [3.8, 4) is 6.07 Å². The van der Waals surface area contributed by atoms with Crippen LogP contribution >= 0.6 is 11.3 Å². The smallest absolute Gasteiger partial charge is 0.336 e. The van der Waals surface area contributed by atoms with Crippen LogP contribution in [0.3, 0.4) is 0 Å². The van der Waals surface area contributed by atoms with Crippen molar-refractivity contribution in [1.82, 2.24) is 20.3 Å². The number of ketones is 3. The number of carbonyl (C=O) groups is 8. The Morgan fingerprint density at radius 1 is 0.605 bits per heavy atom. The average molecular weight is 1640 g/mol. The van der Waals surface area contributed by atoms with Crippen molar-refractivity contribution in [2.75, 3.05) is 46.8 Å². The molecule has 0 bridgehead atoms. The summed E-state index contributed by atoms with van der Waals surface area (Å²) in [6, 6.07) is 1.83. The number of carbonyl (C=O) groups excluding carboxylic acids is 8. The maximum absolute atomic E-state index is 12.4. The molecular weight excluding hydrogens is 1490 g/mol. The first kappa shape index (κ1) is 124. The van der Waals surface area contributed by atoms with Crippen LogP contribution in [-0.4, -0.2) is 154 Å². The fourth-order valence-electron chi connectivity index (χ4n) is 5.88. The molecule has 1 amide bonds. The van der Waals surface area contributed by atoms with Gasteiger partial charge < -0.3 is 48.7 Å². The standard InChI is InChI=1S/2C10H18O3.2C9H16O3.C9H16O.C8H11FN2OS.C8H11FN2.C8H13FO.C8H13NO.C8H14O.CH4/c1-6-13-9(12)7(2)8(11)10(3,4)5;1-5-12-9(11)7-6-8-13-10(2,3)4;1-9(2,3)12-7-5-6-8(10)11-4;1-5-11-9(10)8(4)6-12-7(2)3;1-7(2)6-8(10)9(3,4)5;1-8(2,3)11-6(12)5-4-13-7(9)10-5;1-8(2,3)6-4-10-7(9)11-5-6;1-6(9)5-7(10)8(2,3)4;1-6(5-9)7(10)8(2,3)4;1-5-6-7(9)8(2,3)4;/h8,11H,2,6H2,1,3-5H3;6-7H,5,8H2,1-4H3;5-6H,7H2,1-4H3;7H,4-6H2,1-3H3;6H,1-5H3;4H,1-3H3,(H,11,12);4-5H,1-3H3;5H,1-4H3;7,10H,1H2,2-4H3;5-6H,1-4H3;1H4/b;7-6+;6-5+;;;;;6-5-;;6-5+;. The number of allylic oxidation sites excluding steroid dienone is 6. The number of aliphatic hydroxyl groups is 2. The van der Waals surface area contributed by atoms with Gasteiger partial charge in [0.05, 0.1) is 99.1 Å². The topological polar surface area (TPSA) is 316 Å². The average Bonchev–Trinajstić information content (AvgIpc) is 1.52. The lowest BCUT2D eigenvalue weighted by Gasteiger charge is -2.26. The van der Waals surface area contributed by atoms with Gasteiger partial charge in [0.1, 0.15) is 11.5 Å². The molecule has 0 aliphatic heterocycles. The summed E-state index contributed by atoms with van der Waals surface area (Å²) in [7, 11) is 1.34. The molecule has 0 aliphatic rings. The Hall–Kier alpha value is -7.93. The van der Waals surface area contributed by atoms with Crippen LogP contribution in [-0.2, 0) is 72.1 Å². The third kappa shape index (κ3) is 80.7. The van der Waals surface area contributed by atoms with Crippen molar-refractivity contribution in [3.05, 3.63) is 137 Å². The number of ether oxygens (including phenoxy) is 7. The Labute approximate surface area is 689 Å². The summed E-state index contributed by atoms with van der Waals surface area (Å²) in [6.45, 7) is 80.0. The van der Waals surface area contributed by atoms with E-state index in [1.165, 1.54) is 44.0 Å². The summed E-state index contributed by atoms with van der Waals surface area (Å²) in [4.78, 5) is 98.3. The molecule has 2 atom stereocenters. The SMILES string of the molecule is C.C/C(F)=C/C(=O)C(C)(C)C.C/C=C/C(=O)C(C)(C)C.C=C(C#N)C(O)C(C)(C)C.C=C(C(=O)OCC)C(O)C(C)(C)C.C=C(COC(C)C)C(=O)OCC.CC(C)(C)NC(=O)c1csc(F)n1.CC(C)(C)c1cnc(F)nc1.CC(C)=CC(=O)C(C)(C)C.CCOC(=O)/C=C/COC(C)(C)C.COC(=O)/C=C/COC(C)(C)C. The lowest BCUT2D eigenvalue weighted by Crippen LogP contribution is -2.40. The zero-order valence-corrected chi connectivity index (χ0v) is 76.6. The van der Waals surface area contributed by atoms with Crippen molar-refractivity contribution >= 4 is 58.5 Å². The molecule has 0 saturated heterocycles. The number of hydrogen-bond donors (Lipinski definition) is 3. The van der Waals surface area contributed by atoms with Gasteiger partial charge in [-0.15, -0.1) is 0 Å². The van der Waals surface area contributed by atoms with Crippen molar-refractivity contribution in [2.24, 2.45) is 27.1 Å². The lowest BCUT2D eigenvalue weighted by molar-refractivity contribution is -0.141. The summed E-state index contributed by atoms with van der Waals surface area (Å²) >= 11 is 0.820. The Balaban J connectivity index is -0.000000154. The third-order valence-corrected chi connectivity index (χ3v) is 13.0. The van der Waals surface area contributed by atoms with Crippen LogP contribution in [0.4, 0.5) is 13.2 Å². The molecule has 0 aliphatic carbocycles. The second kappa shape index (κ2) is 61.5. The fourth-order valence-corrected chi connectivity index (χ4v) is 6.40. The van der Waals surface area contributed by atoms with Crippen molar-refractivity contribution in [1.29, 1.82) is 5.26 Å². The normalized spacial score (nSPS) is 12.0. The molecule has 0 radical (unpaired) electrons. The van der Waals surface area contributed by atoms with Gasteiger partial charge in [0, 0.05) is 57.8 Å². The van der Waals surface area contributed by atoms with Gasteiger partial charge in [0.15, 0.2) is 17.3 Å². The highest BCUT2D eigenvalue weighted by molar-refractivity contribution is 7.08. The Morgan fingerprint density at radius 2 is 1.00 bits per heavy atom. The quantitative estimate of drug-likeness (QED) is 0.0364. The van der Waals surface area contributed by atoms with E-state index < -0.39 is 40.8 Å². The number of aromatic nitrogens is 3. The molecule has 22 nitrogen and oxygen atoms in total. The first-order chi connectivity index (χ1) is 50.7. The molecule has 2 rings (SSSR count). The Kier molecular flexibility index (Phi) is 67.0. The largest absolute Gasteiger partial charge is 0.466 e. The van der Waals surface area contributed by atoms with Gasteiger partial charge in [0.2, 0.25) is 0 Å². The molecule has 2 aromatic heterocycles. The number of halogens is 3. The number of esters is 4. The number of thiazole rings is 1. The van der Waals surface area contributed by atoms with Gasteiger partial charge in [-0.05, 0) is 159 Å². The Morgan fingerprint density at radius 3 is 1.26 bits per heavy atom. The van der Waals surface area contributed by atoms with Crippen molar-refractivity contribution < 1.29 is 94.9 Å². The molecule has 26 heteroatoms. The summed E-state index contributed by atoms with van der Waals surface area (Å²) in [6.07, 6.45) is 13.0. The van der Waals surface area contributed by atoms with E-state index in [0.717, 1.165) is 28.5 Å². The van der Waals surface area contributed by atoms with E-state index in [9.17, 15) is 61.7 Å². The molecule has 2 unspecified atom stereocenters. The van der Waals surface area contributed by atoms with E-state index in [4.69, 9.17) is 33.7 Å². The summed E-state index contributed by atoms with van der Waals surface area (Å²) in [5.74, 6) is -2.13. The molecule has 0 aromatic carbocycles. The van der Waals surface area contributed by atoms with E-state index >= 15 is 0 Å². The summed E-state index contributed by atoms with van der Waals surface area (Å²) in [5.41, 5.74) is 0.627.